The fraction of sp³-hybridized carbons (Fsp3) is 0.500. The SMILES string of the molecule is Cc1cccc(NC(=O)C2C(C)OC(C)C2C)c1C(=O)O. The van der Waals surface area contributed by atoms with Crippen LogP contribution in [0.25, 0.3) is 0 Å². The molecular weight excluding hydrogens is 270 g/mol. The molecule has 5 nitrogen and oxygen atoms in total. The molecule has 2 N–H and O–H groups in total. The molecule has 0 spiro atoms. The number of carboxylic acids is 1. The van der Waals surface area contributed by atoms with E-state index in [4.69, 9.17) is 4.74 Å². The Labute approximate surface area is 124 Å². The Morgan fingerprint density at radius 1 is 1.19 bits per heavy atom. The zero-order chi connectivity index (χ0) is 15.7. The number of hydrogen-bond acceptors (Lipinski definition) is 3. The van der Waals surface area contributed by atoms with Crippen molar-refractivity contribution in [2.45, 2.75) is 39.9 Å². The van der Waals surface area contributed by atoms with Gasteiger partial charge in [-0.25, -0.2) is 4.79 Å². The summed E-state index contributed by atoms with van der Waals surface area (Å²) in [5, 5.41) is 12.1. The lowest BCUT2D eigenvalue weighted by Crippen LogP contribution is -2.32. The first-order valence-corrected chi connectivity index (χ1v) is 7.12. The van der Waals surface area contributed by atoms with E-state index in [0.29, 0.717) is 11.3 Å². The lowest BCUT2D eigenvalue weighted by Gasteiger charge is -2.19. The third-order valence-corrected chi connectivity index (χ3v) is 4.29. The molecule has 4 atom stereocenters. The largest absolute Gasteiger partial charge is 0.478 e. The van der Waals surface area contributed by atoms with E-state index < -0.39 is 5.97 Å². The number of carbonyl (C=O) groups excluding carboxylic acids is 1. The molecule has 1 amide bonds. The minimum absolute atomic E-state index is 0.0206. The van der Waals surface area contributed by atoms with Crippen LogP contribution in [-0.2, 0) is 9.53 Å². The van der Waals surface area contributed by atoms with Crippen LogP contribution in [0.2, 0.25) is 0 Å². The highest BCUT2D eigenvalue weighted by molar-refractivity contribution is 6.02. The van der Waals surface area contributed by atoms with Gasteiger partial charge in [0, 0.05) is 0 Å². The van der Waals surface area contributed by atoms with Crippen molar-refractivity contribution in [1.82, 2.24) is 0 Å². The number of anilines is 1. The summed E-state index contributed by atoms with van der Waals surface area (Å²) in [5.41, 5.74) is 1.10. The maximum Gasteiger partial charge on any atom is 0.338 e. The second-order valence-electron chi connectivity index (χ2n) is 5.72. The highest BCUT2D eigenvalue weighted by Crippen LogP contribution is 2.33. The van der Waals surface area contributed by atoms with Crippen LogP contribution in [0, 0.1) is 18.8 Å². The Hall–Kier alpha value is -1.88. The lowest BCUT2D eigenvalue weighted by atomic mass is 9.88. The van der Waals surface area contributed by atoms with Crippen molar-refractivity contribution in [3.05, 3.63) is 29.3 Å². The molecule has 1 aliphatic heterocycles. The van der Waals surface area contributed by atoms with Crippen molar-refractivity contribution in [1.29, 1.82) is 0 Å². The predicted molar refractivity (Wildman–Crippen MR) is 79.4 cm³/mol. The monoisotopic (exact) mass is 291 g/mol. The van der Waals surface area contributed by atoms with Gasteiger partial charge in [-0.05, 0) is 38.3 Å². The number of ether oxygens (including phenoxy) is 1. The zero-order valence-electron chi connectivity index (χ0n) is 12.7. The lowest BCUT2D eigenvalue weighted by molar-refractivity contribution is -0.121. The quantitative estimate of drug-likeness (QED) is 0.897. The topological polar surface area (TPSA) is 75.6 Å². The highest BCUT2D eigenvalue weighted by Gasteiger charge is 2.41. The van der Waals surface area contributed by atoms with Gasteiger partial charge in [-0.15, -0.1) is 0 Å². The molecule has 1 aliphatic rings. The van der Waals surface area contributed by atoms with Crippen molar-refractivity contribution in [3.8, 4) is 0 Å². The van der Waals surface area contributed by atoms with Crippen molar-refractivity contribution in [3.63, 3.8) is 0 Å². The third-order valence-electron chi connectivity index (χ3n) is 4.29. The van der Waals surface area contributed by atoms with Gasteiger partial charge in [0.05, 0.1) is 29.4 Å². The van der Waals surface area contributed by atoms with E-state index in [1.165, 1.54) is 0 Å². The summed E-state index contributed by atoms with van der Waals surface area (Å²) in [6.07, 6.45) is -0.153. The van der Waals surface area contributed by atoms with E-state index in [2.05, 4.69) is 5.32 Å². The van der Waals surface area contributed by atoms with Crippen LogP contribution >= 0.6 is 0 Å². The summed E-state index contributed by atoms with van der Waals surface area (Å²) in [6, 6.07) is 5.06. The first-order valence-electron chi connectivity index (χ1n) is 7.12. The molecule has 1 aromatic carbocycles. The molecule has 0 saturated carbocycles. The van der Waals surface area contributed by atoms with Crippen LogP contribution in [-0.4, -0.2) is 29.2 Å². The van der Waals surface area contributed by atoms with Gasteiger partial charge < -0.3 is 15.2 Å². The molecule has 0 aromatic heterocycles. The second kappa shape index (κ2) is 5.85. The number of carbonyl (C=O) groups is 2. The van der Waals surface area contributed by atoms with E-state index in [1.54, 1.807) is 25.1 Å². The number of rotatable bonds is 3. The second-order valence-corrected chi connectivity index (χ2v) is 5.72. The molecule has 2 rings (SSSR count). The summed E-state index contributed by atoms with van der Waals surface area (Å²) in [7, 11) is 0. The standard InChI is InChI=1S/C16H21NO4/c1-8-6-5-7-12(13(8)16(19)20)17-15(18)14-9(2)10(3)21-11(14)4/h5-7,9-11,14H,1-4H3,(H,17,18)(H,19,20). The summed E-state index contributed by atoms with van der Waals surface area (Å²) in [4.78, 5) is 23.8. The number of aryl methyl sites for hydroxylation is 1. The molecule has 114 valence electrons. The van der Waals surface area contributed by atoms with Gasteiger partial charge in [-0.2, -0.15) is 0 Å². The number of aromatic carboxylic acids is 1. The molecule has 5 heteroatoms. The van der Waals surface area contributed by atoms with Gasteiger partial charge >= 0.3 is 5.97 Å². The molecule has 0 aliphatic carbocycles. The molecule has 4 unspecified atom stereocenters. The molecule has 0 bridgehead atoms. The predicted octanol–water partition coefficient (Wildman–Crippen LogP) is 2.69. The Kier molecular flexibility index (Phi) is 4.32. The van der Waals surface area contributed by atoms with Gasteiger partial charge in [0.15, 0.2) is 0 Å². The fourth-order valence-electron chi connectivity index (χ4n) is 2.99. The Morgan fingerprint density at radius 2 is 1.86 bits per heavy atom. The van der Waals surface area contributed by atoms with Crippen LogP contribution in [0.1, 0.15) is 36.7 Å². The Morgan fingerprint density at radius 3 is 2.38 bits per heavy atom. The molecule has 1 saturated heterocycles. The van der Waals surface area contributed by atoms with Crippen molar-refractivity contribution < 1.29 is 19.4 Å². The molecule has 1 heterocycles. The van der Waals surface area contributed by atoms with E-state index in [9.17, 15) is 14.7 Å². The third kappa shape index (κ3) is 2.93. The van der Waals surface area contributed by atoms with Crippen molar-refractivity contribution in [2.24, 2.45) is 11.8 Å². The highest BCUT2D eigenvalue weighted by atomic mass is 16.5. The summed E-state index contributed by atoms with van der Waals surface area (Å²) in [6.45, 7) is 7.51. The average molecular weight is 291 g/mol. The number of amides is 1. The Bertz CT molecular complexity index is 569. The van der Waals surface area contributed by atoms with Gasteiger partial charge in [0.25, 0.3) is 0 Å². The first kappa shape index (κ1) is 15.5. The molecule has 1 fully saturated rings. The first-order chi connectivity index (χ1) is 9.82. The van der Waals surface area contributed by atoms with Crippen LogP contribution < -0.4 is 5.32 Å². The average Bonchev–Trinajstić information content (AvgIpc) is 2.62. The van der Waals surface area contributed by atoms with Crippen molar-refractivity contribution in [2.75, 3.05) is 5.32 Å². The van der Waals surface area contributed by atoms with Gasteiger partial charge in [0.2, 0.25) is 5.91 Å². The molecular formula is C16H21NO4. The van der Waals surface area contributed by atoms with Gasteiger partial charge in [-0.3, -0.25) is 4.79 Å². The van der Waals surface area contributed by atoms with E-state index in [0.717, 1.165) is 0 Å². The summed E-state index contributed by atoms with van der Waals surface area (Å²) < 4.78 is 5.67. The zero-order valence-corrected chi connectivity index (χ0v) is 12.7. The smallest absolute Gasteiger partial charge is 0.338 e. The van der Waals surface area contributed by atoms with Gasteiger partial charge in [-0.1, -0.05) is 19.1 Å². The van der Waals surface area contributed by atoms with Crippen LogP contribution in [0.15, 0.2) is 18.2 Å². The van der Waals surface area contributed by atoms with E-state index in [-0.39, 0.29) is 35.5 Å². The van der Waals surface area contributed by atoms with E-state index >= 15 is 0 Å². The van der Waals surface area contributed by atoms with Crippen molar-refractivity contribution >= 4 is 17.6 Å². The maximum absolute atomic E-state index is 12.5. The fourth-order valence-corrected chi connectivity index (χ4v) is 2.99. The number of nitrogens with one attached hydrogen (secondary N) is 1. The van der Waals surface area contributed by atoms with Crippen LogP contribution in [0.5, 0.6) is 0 Å². The number of benzene rings is 1. The van der Waals surface area contributed by atoms with Crippen LogP contribution in [0.4, 0.5) is 5.69 Å². The maximum atomic E-state index is 12.5. The van der Waals surface area contributed by atoms with Crippen LogP contribution in [0.3, 0.4) is 0 Å². The molecule has 0 radical (unpaired) electrons. The minimum atomic E-state index is -1.04. The van der Waals surface area contributed by atoms with Gasteiger partial charge in [0.1, 0.15) is 0 Å². The minimum Gasteiger partial charge on any atom is -0.478 e. The Balaban J connectivity index is 2.25. The summed E-state index contributed by atoms with van der Waals surface area (Å²) >= 11 is 0. The van der Waals surface area contributed by atoms with E-state index in [1.807, 2.05) is 20.8 Å². The normalized spacial score (nSPS) is 28.4. The summed E-state index contributed by atoms with van der Waals surface area (Å²) in [5.74, 6) is -1.41. The molecule has 1 aromatic rings. The number of hydrogen-bond donors (Lipinski definition) is 2. The molecule has 21 heavy (non-hydrogen) atoms. The number of carboxylic acid groups (broad SMARTS) is 1.